The van der Waals surface area contributed by atoms with Crippen LogP contribution in [0.25, 0.3) is 0 Å². The highest BCUT2D eigenvalue weighted by Gasteiger charge is 2.29. The van der Waals surface area contributed by atoms with Gasteiger partial charge in [0.1, 0.15) is 0 Å². The van der Waals surface area contributed by atoms with Crippen molar-refractivity contribution in [3.63, 3.8) is 0 Å². The van der Waals surface area contributed by atoms with Gasteiger partial charge in [0.15, 0.2) is 34.5 Å². The van der Waals surface area contributed by atoms with Crippen LogP contribution in [-0.4, -0.2) is 5.78 Å². The van der Waals surface area contributed by atoms with Crippen molar-refractivity contribution in [2.75, 3.05) is 0 Å². The molecule has 0 saturated heterocycles. The van der Waals surface area contributed by atoms with E-state index in [1.54, 1.807) is 23.0 Å². The Balaban J connectivity index is 2.85. The maximum absolute atomic E-state index is 11.2. The zero-order valence-electron chi connectivity index (χ0n) is 6.69. The molecular weight excluding hydrogens is 255 g/mol. The van der Waals surface area contributed by atoms with Crippen molar-refractivity contribution in [3.8, 4) is 0 Å². The van der Waals surface area contributed by atoms with Gasteiger partial charge >= 0.3 is 0 Å². The summed E-state index contributed by atoms with van der Waals surface area (Å²) >= 11 is 1.77. The number of carbonyl (C=O) groups excluding carboxylic acids is 1. The van der Waals surface area contributed by atoms with Gasteiger partial charge < -0.3 is 3.07 Å². The lowest BCUT2D eigenvalue weighted by molar-refractivity contribution is -0.116. The van der Waals surface area contributed by atoms with Crippen molar-refractivity contribution in [2.24, 2.45) is 5.92 Å². The third kappa shape index (κ3) is 1.58. The van der Waals surface area contributed by atoms with Crippen LogP contribution in [0.3, 0.4) is 0 Å². The van der Waals surface area contributed by atoms with Crippen LogP contribution in [-0.2, 0) is 7.86 Å². The van der Waals surface area contributed by atoms with Gasteiger partial charge in [0.05, 0.1) is 0 Å². The van der Waals surface area contributed by atoms with Gasteiger partial charge in [-0.05, 0) is 24.8 Å². The maximum atomic E-state index is 11.2. The molecule has 0 aromatic carbocycles. The molecule has 0 N–H and O–H groups in total. The van der Waals surface area contributed by atoms with Crippen LogP contribution < -0.4 is 0 Å². The SMILES string of the molecule is CCC1CC(=O)C(OI)=C1C. The molecule has 0 heterocycles. The highest BCUT2D eigenvalue weighted by atomic mass is 127. The fourth-order valence-electron chi connectivity index (χ4n) is 1.43. The Morgan fingerprint density at radius 3 is 2.64 bits per heavy atom. The Hall–Kier alpha value is -0.0600. The summed E-state index contributed by atoms with van der Waals surface area (Å²) in [6, 6.07) is 0. The fourth-order valence-corrected chi connectivity index (χ4v) is 2.02. The van der Waals surface area contributed by atoms with E-state index in [4.69, 9.17) is 3.07 Å². The number of ketones is 1. The molecule has 0 bridgehead atoms. The van der Waals surface area contributed by atoms with Gasteiger partial charge in [0, 0.05) is 6.42 Å². The van der Waals surface area contributed by atoms with E-state index in [0.717, 1.165) is 12.0 Å². The first-order chi connectivity index (χ1) is 5.20. The van der Waals surface area contributed by atoms with Gasteiger partial charge in [-0.3, -0.25) is 4.79 Å². The molecule has 3 heteroatoms. The normalized spacial score (nSPS) is 24.6. The highest BCUT2D eigenvalue weighted by molar-refractivity contribution is 14.1. The summed E-state index contributed by atoms with van der Waals surface area (Å²) in [5.41, 5.74) is 1.12. The quantitative estimate of drug-likeness (QED) is 0.718. The second-order valence-corrected chi connectivity index (χ2v) is 3.26. The molecule has 1 aliphatic carbocycles. The first kappa shape index (κ1) is 9.03. The van der Waals surface area contributed by atoms with Crippen LogP contribution in [0.2, 0.25) is 0 Å². The Morgan fingerprint density at radius 1 is 1.73 bits per heavy atom. The van der Waals surface area contributed by atoms with Crippen LogP contribution in [0.5, 0.6) is 0 Å². The highest BCUT2D eigenvalue weighted by Crippen LogP contribution is 2.32. The summed E-state index contributed by atoms with van der Waals surface area (Å²) in [4.78, 5) is 11.2. The lowest BCUT2D eigenvalue weighted by Crippen LogP contribution is -1.97. The first-order valence-corrected chi connectivity index (χ1v) is 4.61. The number of hydrogen-bond acceptors (Lipinski definition) is 2. The van der Waals surface area contributed by atoms with E-state index in [1.165, 1.54) is 0 Å². The second kappa shape index (κ2) is 3.56. The number of hydrogen-bond donors (Lipinski definition) is 0. The Bertz CT molecular complexity index is 208. The molecule has 2 nitrogen and oxygen atoms in total. The average Bonchev–Trinajstić information content (AvgIpc) is 2.26. The Labute approximate surface area is 80.7 Å². The molecule has 0 fully saturated rings. The number of rotatable bonds is 2. The lowest BCUT2D eigenvalue weighted by Gasteiger charge is -2.04. The molecule has 1 rings (SSSR count). The largest absolute Gasteiger partial charge is 0.424 e. The van der Waals surface area contributed by atoms with E-state index in [1.807, 2.05) is 6.92 Å². The number of halogens is 1. The van der Waals surface area contributed by atoms with Crippen molar-refractivity contribution < 1.29 is 7.86 Å². The zero-order valence-corrected chi connectivity index (χ0v) is 8.84. The van der Waals surface area contributed by atoms with Gasteiger partial charge in [-0.25, -0.2) is 0 Å². The van der Waals surface area contributed by atoms with Crippen LogP contribution in [0.15, 0.2) is 11.3 Å². The minimum Gasteiger partial charge on any atom is -0.424 e. The number of allylic oxidation sites excluding steroid dienone is 2. The number of carbonyl (C=O) groups is 1. The molecule has 0 aromatic rings. The molecule has 11 heavy (non-hydrogen) atoms. The Morgan fingerprint density at radius 2 is 2.36 bits per heavy atom. The molecule has 0 spiro atoms. The summed E-state index contributed by atoms with van der Waals surface area (Å²) in [5, 5.41) is 0. The summed E-state index contributed by atoms with van der Waals surface area (Å²) < 4.78 is 4.97. The van der Waals surface area contributed by atoms with Gasteiger partial charge in [-0.1, -0.05) is 6.92 Å². The predicted molar refractivity (Wildman–Crippen MR) is 51.2 cm³/mol. The minimum absolute atomic E-state index is 0.156. The zero-order chi connectivity index (χ0) is 8.43. The molecule has 0 radical (unpaired) electrons. The first-order valence-electron chi connectivity index (χ1n) is 3.73. The monoisotopic (exact) mass is 266 g/mol. The van der Waals surface area contributed by atoms with Crippen LogP contribution in [0, 0.1) is 5.92 Å². The molecule has 1 unspecified atom stereocenters. The topological polar surface area (TPSA) is 26.3 Å². The summed E-state index contributed by atoms with van der Waals surface area (Å²) in [6.07, 6.45) is 1.67. The molecule has 0 saturated carbocycles. The molecule has 1 aliphatic rings. The van der Waals surface area contributed by atoms with Crippen molar-refractivity contribution in [2.45, 2.75) is 26.7 Å². The maximum Gasteiger partial charge on any atom is 0.199 e. The third-order valence-corrected chi connectivity index (χ3v) is 2.67. The summed E-state index contributed by atoms with van der Waals surface area (Å²) in [7, 11) is 0. The van der Waals surface area contributed by atoms with Crippen LogP contribution in [0.1, 0.15) is 26.7 Å². The van der Waals surface area contributed by atoms with E-state index >= 15 is 0 Å². The molecule has 0 aromatic heterocycles. The van der Waals surface area contributed by atoms with Crippen molar-refractivity contribution in [3.05, 3.63) is 11.3 Å². The van der Waals surface area contributed by atoms with E-state index in [2.05, 4.69) is 6.92 Å². The standard InChI is InChI=1S/C8H11IO2/c1-3-6-4-7(10)8(11-9)5(6)2/h6H,3-4H2,1-2H3. The molecule has 0 amide bonds. The summed E-state index contributed by atoms with van der Waals surface area (Å²) in [6.45, 7) is 4.07. The number of Topliss-reactive ketones (excluding diaryl/α,β-unsaturated/α-hetero) is 1. The van der Waals surface area contributed by atoms with E-state index < -0.39 is 0 Å². The fraction of sp³-hybridized carbons (Fsp3) is 0.625. The molecule has 62 valence electrons. The van der Waals surface area contributed by atoms with Crippen molar-refractivity contribution >= 4 is 28.8 Å². The van der Waals surface area contributed by atoms with Gasteiger partial charge in [-0.15, -0.1) is 0 Å². The minimum atomic E-state index is 0.156. The van der Waals surface area contributed by atoms with Crippen LogP contribution in [0.4, 0.5) is 0 Å². The van der Waals surface area contributed by atoms with E-state index in [0.29, 0.717) is 18.1 Å². The van der Waals surface area contributed by atoms with E-state index in [-0.39, 0.29) is 5.78 Å². The molecular formula is C8H11IO2. The van der Waals surface area contributed by atoms with Crippen molar-refractivity contribution in [1.29, 1.82) is 0 Å². The third-order valence-electron chi connectivity index (χ3n) is 2.23. The van der Waals surface area contributed by atoms with Crippen molar-refractivity contribution in [1.82, 2.24) is 0 Å². The molecule has 0 aliphatic heterocycles. The Kier molecular flexibility index (Phi) is 2.92. The van der Waals surface area contributed by atoms with Gasteiger partial charge in [0.25, 0.3) is 0 Å². The molecule has 1 atom stereocenters. The summed E-state index contributed by atoms with van der Waals surface area (Å²) in [5.74, 6) is 1.16. The lowest BCUT2D eigenvalue weighted by atomic mass is 10.0. The van der Waals surface area contributed by atoms with E-state index in [9.17, 15) is 4.79 Å². The smallest absolute Gasteiger partial charge is 0.199 e. The second-order valence-electron chi connectivity index (χ2n) is 2.82. The van der Waals surface area contributed by atoms with Crippen LogP contribution >= 0.6 is 23.0 Å². The predicted octanol–water partition coefficient (Wildman–Crippen LogP) is 2.63. The van der Waals surface area contributed by atoms with Gasteiger partial charge in [0.2, 0.25) is 0 Å². The average molecular weight is 266 g/mol. The van der Waals surface area contributed by atoms with Gasteiger partial charge in [-0.2, -0.15) is 0 Å².